The molecule has 0 bridgehead atoms. The molecule has 2 heterocycles. The van der Waals surface area contributed by atoms with Crippen molar-refractivity contribution >= 4 is 35.1 Å². The Labute approximate surface area is 135 Å². The predicted molar refractivity (Wildman–Crippen MR) is 90.3 cm³/mol. The quantitative estimate of drug-likeness (QED) is 0.776. The molecule has 0 aliphatic carbocycles. The molecule has 1 aromatic heterocycles. The van der Waals surface area contributed by atoms with Crippen LogP contribution in [-0.4, -0.2) is 47.9 Å². The van der Waals surface area contributed by atoms with E-state index in [1.165, 1.54) is 6.92 Å². The van der Waals surface area contributed by atoms with Gasteiger partial charge in [0.2, 0.25) is 11.8 Å². The number of thioether (sulfide) groups is 1. The molecule has 1 aliphatic rings. The second-order valence-corrected chi connectivity index (χ2v) is 6.33. The molecular formula is C15H22N4O2S. The van der Waals surface area contributed by atoms with E-state index in [0.717, 1.165) is 36.1 Å². The summed E-state index contributed by atoms with van der Waals surface area (Å²) in [5.41, 5.74) is 0.763. The lowest BCUT2D eigenvalue weighted by Gasteiger charge is -2.29. The zero-order valence-corrected chi connectivity index (χ0v) is 13.6. The number of hydrogen-bond donors (Lipinski definition) is 2. The number of amides is 2. The number of carbonyl (C=O) groups excluding carboxylic acids is 2. The number of carbonyl (C=O) groups is 2. The molecule has 2 amide bonds. The van der Waals surface area contributed by atoms with Crippen LogP contribution in [0.2, 0.25) is 0 Å². The number of pyridine rings is 1. The highest BCUT2D eigenvalue weighted by molar-refractivity contribution is 7.99. The van der Waals surface area contributed by atoms with Crippen LogP contribution in [0.1, 0.15) is 19.8 Å². The molecule has 2 N–H and O–H groups in total. The lowest BCUT2D eigenvalue weighted by Crippen LogP contribution is -2.34. The third kappa shape index (κ3) is 5.22. The molecule has 1 aromatic rings. The van der Waals surface area contributed by atoms with Crippen LogP contribution in [0.3, 0.4) is 0 Å². The molecule has 0 aromatic carbocycles. The molecule has 0 radical (unpaired) electrons. The van der Waals surface area contributed by atoms with E-state index in [2.05, 4.69) is 20.5 Å². The van der Waals surface area contributed by atoms with E-state index < -0.39 is 0 Å². The molecule has 0 spiro atoms. The lowest BCUT2D eigenvalue weighted by atomic mass is 10.2. The zero-order valence-electron chi connectivity index (χ0n) is 12.8. The fourth-order valence-electron chi connectivity index (χ4n) is 2.25. The monoisotopic (exact) mass is 322 g/mol. The Morgan fingerprint density at radius 2 is 2.14 bits per heavy atom. The van der Waals surface area contributed by atoms with Crippen molar-refractivity contribution in [1.29, 1.82) is 0 Å². The first kappa shape index (κ1) is 16.6. The summed E-state index contributed by atoms with van der Waals surface area (Å²) in [6, 6.07) is 3.71. The summed E-state index contributed by atoms with van der Waals surface area (Å²) in [4.78, 5) is 29.4. The normalized spacial score (nSPS) is 14.5. The van der Waals surface area contributed by atoms with Gasteiger partial charge in [0.15, 0.2) is 5.82 Å². The van der Waals surface area contributed by atoms with E-state index in [0.29, 0.717) is 19.4 Å². The van der Waals surface area contributed by atoms with Gasteiger partial charge in [-0.3, -0.25) is 9.59 Å². The van der Waals surface area contributed by atoms with Crippen molar-refractivity contribution < 1.29 is 9.59 Å². The van der Waals surface area contributed by atoms with Crippen LogP contribution in [0.5, 0.6) is 0 Å². The van der Waals surface area contributed by atoms with E-state index in [1.807, 2.05) is 23.9 Å². The minimum Gasteiger partial charge on any atom is -0.356 e. The average Bonchev–Trinajstić information content (AvgIpc) is 2.53. The van der Waals surface area contributed by atoms with Crippen molar-refractivity contribution in [2.24, 2.45) is 0 Å². The number of nitrogens with one attached hydrogen (secondary N) is 2. The Bertz CT molecular complexity index is 518. The zero-order chi connectivity index (χ0) is 15.8. The molecule has 0 atom stereocenters. The Kier molecular flexibility index (Phi) is 6.51. The Morgan fingerprint density at radius 1 is 1.36 bits per heavy atom. The molecule has 0 unspecified atom stereocenters. The van der Waals surface area contributed by atoms with Gasteiger partial charge >= 0.3 is 0 Å². The predicted octanol–water partition coefficient (Wildman–Crippen LogP) is 1.49. The second kappa shape index (κ2) is 8.63. The summed E-state index contributed by atoms with van der Waals surface area (Å²) in [6.07, 6.45) is 2.76. The van der Waals surface area contributed by atoms with Crippen LogP contribution in [0.15, 0.2) is 18.3 Å². The molecule has 1 fully saturated rings. The maximum absolute atomic E-state index is 12.0. The first-order chi connectivity index (χ1) is 10.7. The van der Waals surface area contributed by atoms with E-state index in [4.69, 9.17) is 0 Å². The highest BCUT2D eigenvalue weighted by atomic mass is 32.2. The third-order valence-corrected chi connectivity index (χ3v) is 4.27. The van der Waals surface area contributed by atoms with Gasteiger partial charge in [0.1, 0.15) is 0 Å². The molecule has 6 nitrogen and oxygen atoms in total. The molecule has 7 heteroatoms. The number of rotatable bonds is 6. The lowest BCUT2D eigenvalue weighted by molar-refractivity contribution is -0.119. The maximum atomic E-state index is 12.0. The minimum absolute atomic E-state index is 0.0500. The highest BCUT2D eigenvalue weighted by Crippen LogP contribution is 2.25. The van der Waals surface area contributed by atoms with Gasteiger partial charge in [0.25, 0.3) is 0 Å². The van der Waals surface area contributed by atoms with Crippen molar-refractivity contribution in [1.82, 2.24) is 10.3 Å². The van der Waals surface area contributed by atoms with Crippen LogP contribution in [0.25, 0.3) is 0 Å². The van der Waals surface area contributed by atoms with E-state index in [-0.39, 0.29) is 11.8 Å². The third-order valence-electron chi connectivity index (χ3n) is 3.33. The molecule has 1 saturated heterocycles. The van der Waals surface area contributed by atoms with Crippen LogP contribution in [0.4, 0.5) is 11.5 Å². The maximum Gasteiger partial charge on any atom is 0.224 e. The molecule has 22 heavy (non-hydrogen) atoms. The Hall–Kier alpha value is -1.76. The van der Waals surface area contributed by atoms with Crippen LogP contribution < -0.4 is 15.5 Å². The SMILES string of the molecule is CC(=O)NCCCC(=O)Nc1cccnc1N1CCSCC1. The van der Waals surface area contributed by atoms with Gasteiger partial charge in [0.05, 0.1) is 5.69 Å². The van der Waals surface area contributed by atoms with Gasteiger partial charge < -0.3 is 15.5 Å². The highest BCUT2D eigenvalue weighted by Gasteiger charge is 2.16. The summed E-state index contributed by atoms with van der Waals surface area (Å²) in [5.74, 6) is 2.89. The van der Waals surface area contributed by atoms with Crippen molar-refractivity contribution in [2.75, 3.05) is 41.4 Å². The largest absolute Gasteiger partial charge is 0.356 e. The van der Waals surface area contributed by atoms with Gasteiger partial charge in [-0.25, -0.2) is 4.98 Å². The Morgan fingerprint density at radius 3 is 2.86 bits per heavy atom. The van der Waals surface area contributed by atoms with Crippen LogP contribution in [-0.2, 0) is 9.59 Å². The van der Waals surface area contributed by atoms with E-state index in [1.54, 1.807) is 6.20 Å². The summed E-state index contributed by atoms with van der Waals surface area (Å²) in [7, 11) is 0. The Balaban J connectivity index is 1.88. The molecule has 1 aliphatic heterocycles. The van der Waals surface area contributed by atoms with Gasteiger partial charge in [-0.05, 0) is 18.6 Å². The minimum atomic E-state index is -0.0714. The van der Waals surface area contributed by atoms with Crippen LogP contribution in [0, 0.1) is 0 Å². The topological polar surface area (TPSA) is 74.3 Å². The summed E-state index contributed by atoms with van der Waals surface area (Å²) in [5, 5.41) is 5.62. The standard InChI is InChI=1S/C15H22N4O2S/c1-12(20)16-6-3-5-14(21)18-13-4-2-7-17-15(13)19-8-10-22-11-9-19/h2,4,7H,3,5-6,8-11H2,1H3,(H,16,20)(H,18,21). The van der Waals surface area contributed by atoms with E-state index >= 15 is 0 Å². The van der Waals surface area contributed by atoms with E-state index in [9.17, 15) is 9.59 Å². The summed E-state index contributed by atoms with van der Waals surface area (Å²) >= 11 is 1.94. The van der Waals surface area contributed by atoms with Gasteiger partial charge in [-0.15, -0.1) is 0 Å². The second-order valence-electron chi connectivity index (χ2n) is 5.11. The summed E-state index contributed by atoms with van der Waals surface area (Å²) in [6.45, 7) is 3.89. The van der Waals surface area contributed by atoms with Crippen molar-refractivity contribution in [2.45, 2.75) is 19.8 Å². The van der Waals surface area contributed by atoms with Gasteiger partial charge in [0, 0.05) is 50.7 Å². The van der Waals surface area contributed by atoms with Crippen molar-refractivity contribution in [3.63, 3.8) is 0 Å². The first-order valence-corrected chi connectivity index (χ1v) is 8.64. The number of aromatic nitrogens is 1. The molecular weight excluding hydrogens is 300 g/mol. The van der Waals surface area contributed by atoms with Crippen molar-refractivity contribution in [3.8, 4) is 0 Å². The fraction of sp³-hybridized carbons (Fsp3) is 0.533. The molecule has 0 saturated carbocycles. The summed E-state index contributed by atoms with van der Waals surface area (Å²) < 4.78 is 0. The van der Waals surface area contributed by atoms with Crippen molar-refractivity contribution in [3.05, 3.63) is 18.3 Å². The van der Waals surface area contributed by atoms with Gasteiger partial charge in [-0.1, -0.05) is 0 Å². The first-order valence-electron chi connectivity index (χ1n) is 7.49. The number of anilines is 2. The van der Waals surface area contributed by atoms with Crippen LogP contribution >= 0.6 is 11.8 Å². The molecule has 120 valence electrons. The smallest absolute Gasteiger partial charge is 0.224 e. The van der Waals surface area contributed by atoms with Gasteiger partial charge in [-0.2, -0.15) is 11.8 Å². The fourth-order valence-corrected chi connectivity index (χ4v) is 3.15. The number of nitrogens with zero attached hydrogens (tertiary/aromatic N) is 2. The molecule has 2 rings (SSSR count). The average molecular weight is 322 g/mol. The number of hydrogen-bond acceptors (Lipinski definition) is 5.